The van der Waals surface area contributed by atoms with E-state index >= 15 is 0 Å². The second-order valence-electron chi connectivity index (χ2n) is 10.0. The van der Waals surface area contributed by atoms with Crippen LogP contribution in [0.25, 0.3) is 0 Å². The van der Waals surface area contributed by atoms with Gasteiger partial charge in [-0.05, 0) is 131 Å². The Hall–Kier alpha value is -4.70. The first-order valence-corrected chi connectivity index (χ1v) is 15.2. The number of benzene rings is 3. The highest BCUT2D eigenvalue weighted by Crippen LogP contribution is 2.20. The fourth-order valence-corrected chi connectivity index (χ4v) is 4.15. The molecule has 0 bridgehead atoms. The van der Waals surface area contributed by atoms with Gasteiger partial charge in [0.25, 0.3) is 0 Å². The second kappa shape index (κ2) is 20.2. The van der Waals surface area contributed by atoms with Crippen LogP contribution in [0.2, 0.25) is 0 Å². The Morgan fingerprint density at radius 2 is 1.05 bits per heavy atom. The molecule has 0 aliphatic heterocycles. The minimum absolute atomic E-state index is 0.388. The molecule has 0 aromatic heterocycles. The van der Waals surface area contributed by atoms with Crippen molar-refractivity contribution in [3.8, 4) is 34.8 Å². The predicted octanol–water partition coefficient (Wildman–Crippen LogP) is 7.96. The average Bonchev–Trinajstić information content (AvgIpc) is 3.05. The molecule has 0 N–H and O–H groups in total. The molecule has 7 nitrogen and oxygen atoms in total. The SMILES string of the molecule is C=CC(=O)OCCCCCCOc1ccc(C(=O)Oc2ccc(OCCCCCCOc3ccc(C#CC)cc3)cc2)cc1. The number of carbonyl (C=O) groups is 2. The maximum absolute atomic E-state index is 12.5. The Balaban J connectivity index is 1.23. The molecule has 0 radical (unpaired) electrons. The van der Waals surface area contributed by atoms with Gasteiger partial charge in [-0.3, -0.25) is 0 Å². The monoisotopic (exact) mass is 598 g/mol. The molecule has 0 spiro atoms. The van der Waals surface area contributed by atoms with Gasteiger partial charge in [-0.1, -0.05) is 12.5 Å². The van der Waals surface area contributed by atoms with Crippen LogP contribution in [0.5, 0.6) is 23.0 Å². The molecule has 232 valence electrons. The molecule has 0 atom stereocenters. The third kappa shape index (κ3) is 13.5. The van der Waals surface area contributed by atoms with Gasteiger partial charge in [0.1, 0.15) is 23.0 Å². The molecule has 0 saturated carbocycles. The summed E-state index contributed by atoms with van der Waals surface area (Å²) in [4.78, 5) is 23.5. The normalized spacial score (nSPS) is 10.2. The van der Waals surface area contributed by atoms with E-state index in [4.69, 9.17) is 23.7 Å². The molecular weight excluding hydrogens is 556 g/mol. The van der Waals surface area contributed by atoms with Gasteiger partial charge < -0.3 is 23.7 Å². The van der Waals surface area contributed by atoms with Crippen molar-refractivity contribution in [2.45, 2.75) is 58.3 Å². The highest BCUT2D eigenvalue weighted by molar-refractivity contribution is 5.91. The molecule has 0 aliphatic rings. The van der Waals surface area contributed by atoms with Gasteiger partial charge in [0, 0.05) is 11.6 Å². The first kappa shape index (κ1) is 33.8. The lowest BCUT2D eigenvalue weighted by Gasteiger charge is -2.09. The average molecular weight is 599 g/mol. The van der Waals surface area contributed by atoms with Crippen LogP contribution < -0.4 is 18.9 Å². The minimum atomic E-state index is -0.436. The van der Waals surface area contributed by atoms with Gasteiger partial charge in [-0.15, -0.1) is 5.92 Å². The van der Waals surface area contributed by atoms with Crippen LogP contribution in [0.1, 0.15) is 74.2 Å². The van der Waals surface area contributed by atoms with Crippen LogP contribution in [0.4, 0.5) is 0 Å². The topological polar surface area (TPSA) is 80.3 Å². The number of hydrogen-bond donors (Lipinski definition) is 0. The largest absolute Gasteiger partial charge is 0.494 e. The molecule has 0 saturated heterocycles. The third-order valence-corrected chi connectivity index (χ3v) is 6.54. The summed E-state index contributed by atoms with van der Waals surface area (Å²) < 4.78 is 27.8. The maximum atomic E-state index is 12.5. The fourth-order valence-electron chi connectivity index (χ4n) is 4.15. The van der Waals surface area contributed by atoms with Crippen LogP contribution in [-0.2, 0) is 9.53 Å². The van der Waals surface area contributed by atoms with E-state index < -0.39 is 5.97 Å². The van der Waals surface area contributed by atoms with Crippen molar-refractivity contribution >= 4 is 11.9 Å². The molecule has 44 heavy (non-hydrogen) atoms. The Bertz CT molecular complexity index is 1330. The van der Waals surface area contributed by atoms with Crippen LogP contribution >= 0.6 is 0 Å². The number of unbranched alkanes of at least 4 members (excludes halogenated alkanes) is 6. The minimum Gasteiger partial charge on any atom is -0.494 e. The summed E-state index contributed by atoms with van der Waals surface area (Å²) in [6.45, 7) is 7.50. The van der Waals surface area contributed by atoms with Crippen molar-refractivity contribution in [1.29, 1.82) is 0 Å². The van der Waals surface area contributed by atoms with Crippen LogP contribution in [0.3, 0.4) is 0 Å². The number of rotatable bonds is 20. The lowest BCUT2D eigenvalue weighted by atomic mass is 10.2. The summed E-state index contributed by atoms with van der Waals surface area (Å²) in [5, 5.41) is 0. The van der Waals surface area contributed by atoms with Gasteiger partial charge in [0.15, 0.2) is 0 Å². The lowest BCUT2D eigenvalue weighted by molar-refractivity contribution is -0.137. The van der Waals surface area contributed by atoms with E-state index in [9.17, 15) is 9.59 Å². The first-order valence-electron chi connectivity index (χ1n) is 15.2. The zero-order chi connectivity index (χ0) is 31.2. The Morgan fingerprint density at radius 1 is 0.614 bits per heavy atom. The van der Waals surface area contributed by atoms with Crippen molar-refractivity contribution in [3.05, 3.63) is 96.6 Å². The van der Waals surface area contributed by atoms with Crippen LogP contribution in [-0.4, -0.2) is 38.4 Å². The quantitative estimate of drug-likeness (QED) is 0.0429. The van der Waals surface area contributed by atoms with Crippen molar-refractivity contribution in [3.63, 3.8) is 0 Å². The molecule has 0 heterocycles. The van der Waals surface area contributed by atoms with Crippen LogP contribution in [0, 0.1) is 11.8 Å². The number of esters is 2. The second-order valence-corrected chi connectivity index (χ2v) is 10.0. The third-order valence-electron chi connectivity index (χ3n) is 6.54. The van der Waals surface area contributed by atoms with Gasteiger partial charge in [-0.25, -0.2) is 9.59 Å². The molecular formula is C37H42O7. The van der Waals surface area contributed by atoms with Gasteiger partial charge in [-0.2, -0.15) is 0 Å². The number of ether oxygens (including phenoxy) is 5. The standard InChI is InChI=1S/C37H42O7/c1-3-13-30-14-18-32(19-15-30)40-26-9-5-6-10-28-42-34-22-24-35(25-23-34)44-37(39)31-16-20-33(21-17-31)41-27-11-7-8-12-29-43-36(38)4-2/h4,14-25H,2,5-12,26-29H2,1H3. The number of hydrogen-bond acceptors (Lipinski definition) is 7. The smallest absolute Gasteiger partial charge is 0.343 e. The van der Waals surface area contributed by atoms with Crippen molar-refractivity contribution in [2.75, 3.05) is 26.4 Å². The van der Waals surface area contributed by atoms with E-state index in [0.29, 0.717) is 43.5 Å². The highest BCUT2D eigenvalue weighted by atomic mass is 16.5. The summed E-state index contributed by atoms with van der Waals surface area (Å²) in [5.41, 5.74) is 1.43. The summed E-state index contributed by atoms with van der Waals surface area (Å²) in [5.74, 6) is 7.85. The fraction of sp³-hybridized carbons (Fsp3) is 0.351. The number of carbonyl (C=O) groups excluding carboxylic acids is 2. The van der Waals surface area contributed by atoms with E-state index in [2.05, 4.69) is 18.4 Å². The molecule has 0 aliphatic carbocycles. The van der Waals surface area contributed by atoms with E-state index in [1.165, 1.54) is 6.08 Å². The Labute approximate surface area is 261 Å². The van der Waals surface area contributed by atoms with E-state index in [0.717, 1.165) is 68.4 Å². The molecule has 0 amide bonds. The lowest BCUT2D eigenvalue weighted by Crippen LogP contribution is -2.08. The Kier molecular flexibility index (Phi) is 15.6. The highest BCUT2D eigenvalue weighted by Gasteiger charge is 2.09. The zero-order valence-electron chi connectivity index (χ0n) is 25.6. The maximum Gasteiger partial charge on any atom is 0.343 e. The summed E-state index contributed by atoms with van der Waals surface area (Å²) in [6, 6.07) is 21.8. The van der Waals surface area contributed by atoms with Crippen molar-refractivity contribution in [1.82, 2.24) is 0 Å². The molecule has 3 rings (SSSR count). The zero-order valence-corrected chi connectivity index (χ0v) is 25.6. The summed E-state index contributed by atoms with van der Waals surface area (Å²) in [7, 11) is 0. The van der Waals surface area contributed by atoms with E-state index in [1.54, 1.807) is 48.5 Å². The molecule has 3 aromatic rings. The molecule has 7 heteroatoms. The first-order chi connectivity index (χ1) is 21.6. The van der Waals surface area contributed by atoms with Crippen molar-refractivity contribution < 1.29 is 33.3 Å². The molecule has 3 aromatic carbocycles. The van der Waals surface area contributed by atoms with Gasteiger partial charge in [0.2, 0.25) is 0 Å². The molecule has 0 fully saturated rings. The van der Waals surface area contributed by atoms with E-state index in [-0.39, 0.29) is 5.97 Å². The van der Waals surface area contributed by atoms with Crippen molar-refractivity contribution in [2.24, 2.45) is 0 Å². The predicted molar refractivity (Wildman–Crippen MR) is 171 cm³/mol. The van der Waals surface area contributed by atoms with Gasteiger partial charge in [0.05, 0.1) is 32.0 Å². The van der Waals surface area contributed by atoms with Crippen LogP contribution in [0.15, 0.2) is 85.5 Å². The van der Waals surface area contributed by atoms with Gasteiger partial charge >= 0.3 is 11.9 Å². The molecule has 0 unspecified atom stereocenters. The van der Waals surface area contributed by atoms with E-state index in [1.807, 2.05) is 31.2 Å². The summed E-state index contributed by atoms with van der Waals surface area (Å²) in [6.07, 6.45) is 8.88. The Morgan fingerprint density at radius 3 is 1.52 bits per heavy atom. The summed E-state index contributed by atoms with van der Waals surface area (Å²) >= 11 is 0.